The highest BCUT2D eigenvalue weighted by atomic mass is 32.2. The van der Waals surface area contributed by atoms with Gasteiger partial charge >= 0.3 is 0 Å². The highest BCUT2D eigenvalue weighted by molar-refractivity contribution is 7.86. The van der Waals surface area contributed by atoms with E-state index in [2.05, 4.69) is 10.3 Å². The number of imidazole rings is 1. The molecule has 1 aromatic heterocycles. The van der Waals surface area contributed by atoms with Gasteiger partial charge in [0.25, 0.3) is 10.2 Å². The van der Waals surface area contributed by atoms with Crippen LogP contribution in [0.25, 0.3) is 0 Å². The molecular weight excluding hydrogens is 254 g/mol. The Hall–Kier alpha value is -0.960. The fraction of sp³-hybridized carbons (Fsp3) is 0.700. The Labute approximate surface area is 108 Å². The van der Waals surface area contributed by atoms with Gasteiger partial charge in [0.05, 0.1) is 6.04 Å². The van der Waals surface area contributed by atoms with Crippen LogP contribution in [0.1, 0.15) is 11.9 Å². The van der Waals surface area contributed by atoms with Gasteiger partial charge in [0.1, 0.15) is 5.82 Å². The fourth-order valence-corrected chi connectivity index (χ4v) is 3.32. The van der Waals surface area contributed by atoms with Crippen molar-refractivity contribution in [3.05, 3.63) is 18.2 Å². The quantitative estimate of drug-likeness (QED) is 0.780. The smallest absolute Gasteiger partial charge is 0.282 e. The van der Waals surface area contributed by atoms with E-state index in [1.54, 1.807) is 20.3 Å². The minimum absolute atomic E-state index is 0.258. The maximum absolute atomic E-state index is 12.3. The van der Waals surface area contributed by atoms with Gasteiger partial charge in [-0.05, 0) is 0 Å². The van der Waals surface area contributed by atoms with Gasteiger partial charge in [0.2, 0.25) is 0 Å². The molecule has 0 amide bonds. The Kier molecular flexibility index (Phi) is 3.71. The number of hydrogen-bond acceptors (Lipinski definition) is 4. The third kappa shape index (κ3) is 2.28. The molecule has 1 aliphatic rings. The third-order valence-corrected chi connectivity index (χ3v) is 5.06. The topological polar surface area (TPSA) is 70.5 Å². The molecular formula is C10H19N5O2S. The molecule has 1 atom stereocenters. The average molecular weight is 273 g/mol. The zero-order valence-electron chi connectivity index (χ0n) is 10.9. The summed E-state index contributed by atoms with van der Waals surface area (Å²) in [6.45, 7) is 1.70. The van der Waals surface area contributed by atoms with Crippen molar-refractivity contribution in [2.45, 2.75) is 6.04 Å². The van der Waals surface area contributed by atoms with Crippen molar-refractivity contribution >= 4 is 10.2 Å². The summed E-state index contributed by atoms with van der Waals surface area (Å²) in [6.07, 6.45) is 3.51. The molecule has 1 N–H and O–H groups in total. The van der Waals surface area contributed by atoms with Gasteiger partial charge in [0.15, 0.2) is 0 Å². The van der Waals surface area contributed by atoms with Gasteiger partial charge in [-0.25, -0.2) is 4.98 Å². The van der Waals surface area contributed by atoms with Crippen LogP contribution in [0.2, 0.25) is 0 Å². The van der Waals surface area contributed by atoms with E-state index in [4.69, 9.17) is 0 Å². The summed E-state index contributed by atoms with van der Waals surface area (Å²) in [5, 5.41) is 3.21. The summed E-state index contributed by atoms with van der Waals surface area (Å²) >= 11 is 0. The molecule has 1 aliphatic heterocycles. The summed E-state index contributed by atoms with van der Waals surface area (Å²) < 4.78 is 29.2. The number of nitrogens with zero attached hydrogens (tertiary/aromatic N) is 4. The minimum atomic E-state index is -3.42. The summed E-state index contributed by atoms with van der Waals surface area (Å²) in [4.78, 5) is 4.26. The lowest BCUT2D eigenvalue weighted by Gasteiger charge is -2.36. The second kappa shape index (κ2) is 4.96. The molecule has 18 heavy (non-hydrogen) atoms. The van der Waals surface area contributed by atoms with E-state index in [-0.39, 0.29) is 6.04 Å². The van der Waals surface area contributed by atoms with Gasteiger partial charge in [-0.2, -0.15) is 17.0 Å². The van der Waals surface area contributed by atoms with Crippen molar-refractivity contribution in [2.75, 3.05) is 33.7 Å². The molecule has 1 fully saturated rings. The van der Waals surface area contributed by atoms with Crippen LogP contribution in [0.3, 0.4) is 0 Å². The maximum Gasteiger partial charge on any atom is 0.282 e. The Morgan fingerprint density at radius 3 is 2.78 bits per heavy atom. The van der Waals surface area contributed by atoms with Gasteiger partial charge in [-0.15, -0.1) is 0 Å². The van der Waals surface area contributed by atoms with Crippen molar-refractivity contribution in [3.8, 4) is 0 Å². The van der Waals surface area contributed by atoms with E-state index < -0.39 is 10.2 Å². The predicted molar refractivity (Wildman–Crippen MR) is 68.1 cm³/mol. The van der Waals surface area contributed by atoms with Gasteiger partial charge in [-0.1, -0.05) is 0 Å². The summed E-state index contributed by atoms with van der Waals surface area (Å²) in [5.74, 6) is 0.757. The second-order valence-corrected chi connectivity index (χ2v) is 6.61. The molecule has 0 bridgehead atoms. The first-order chi connectivity index (χ1) is 8.44. The highest BCUT2D eigenvalue weighted by Gasteiger charge is 2.36. The van der Waals surface area contributed by atoms with Crippen molar-refractivity contribution in [1.82, 2.24) is 23.5 Å². The molecule has 7 nitrogen and oxygen atoms in total. The van der Waals surface area contributed by atoms with E-state index in [9.17, 15) is 8.42 Å². The van der Waals surface area contributed by atoms with Crippen LogP contribution in [-0.4, -0.2) is 60.3 Å². The van der Waals surface area contributed by atoms with Crippen molar-refractivity contribution in [1.29, 1.82) is 0 Å². The van der Waals surface area contributed by atoms with Crippen molar-refractivity contribution < 1.29 is 8.42 Å². The normalized spacial score (nSPS) is 22.6. The number of hydrogen-bond donors (Lipinski definition) is 1. The summed E-state index contributed by atoms with van der Waals surface area (Å²) in [7, 11) is 1.55. The first kappa shape index (κ1) is 13.5. The molecule has 0 aliphatic carbocycles. The van der Waals surface area contributed by atoms with Crippen molar-refractivity contribution in [2.24, 2.45) is 7.05 Å². The molecule has 1 aromatic rings. The van der Waals surface area contributed by atoms with Crippen LogP contribution in [0, 0.1) is 0 Å². The molecule has 0 radical (unpaired) electrons. The SMILES string of the molecule is CN(C)S(=O)(=O)N1CCNCC1c1nccn1C. The lowest BCUT2D eigenvalue weighted by molar-refractivity contribution is 0.245. The third-order valence-electron chi connectivity index (χ3n) is 3.11. The van der Waals surface area contributed by atoms with E-state index in [0.717, 1.165) is 5.82 Å². The zero-order valence-corrected chi connectivity index (χ0v) is 11.7. The monoisotopic (exact) mass is 273 g/mol. The van der Waals surface area contributed by atoms with E-state index in [1.165, 1.54) is 8.61 Å². The van der Waals surface area contributed by atoms with Crippen LogP contribution in [0.5, 0.6) is 0 Å². The molecule has 1 saturated heterocycles. The van der Waals surface area contributed by atoms with Crippen LogP contribution in [-0.2, 0) is 17.3 Å². The number of rotatable bonds is 3. The lowest BCUT2D eigenvalue weighted by atomic mass is 10.2. The Bertz CT molecular complexity index is 510. The zero-order chi connectivity index (χ0) is 13.3. The number of aromatic nitrogens is 2. The number of aryl methyl sites for hydroxylation is 1. The highest BCUT2D eigenvalue weighted by Crippen LogP contribution is 2.24. The molecule has 1 unspecified atom stereocenters. The Morgan fingerprint density at radius 2 is 2.22 bits per heavy atom. The van der Waals surface area contributed by atoms with Gasteiger partial charge in [0, 0.05) is 53.2 Å². The van der Waals surface area contributed by atoms with Gasteiger partial charge < -0.3 is 9.88 Å². The number of nitrogens with one attached hydrogen (secondary N) is 1. The second-order valence-electron chi connectivity index (χ2n) is 4.52. The Morgan fingerprint density at radius 1 is 1.50 bits per heavy atom. The standard InChI is InChI=1S/C10H19N5O2S/c1-13(2)18(16,17)15-7-4-11-8-9(15)10-12-5-6-14(10)3/h5-6,9,11H,4,7-8H2,1-3H3. The van der Waals surface area contributed by atoms with Crippen LogP contribution in [0.15, 0.2) is 12.4 Å². The minimum Gasteiger partial charge on any atom is -0.337 e. The molecule has 0 aromatic carbocycles. The summed E-state index contributed by atoms with van der Waals surface area (Å²) in [6, 6.07) is -0.258. The van der Waals surface area contributed by atoms with E-state index >= 15 is 0 Å². The lowest BCUT2D eigenvalue weighted by Crippen LogP contribution is -2.52. The van der Waals surface area contributed by atoms with Crippen LogP contribution >= 0.6 is 0 Å². The van der Waals surface area contributed by atoms with E-state index in [1.807, 2.05) is 17.8 Å². The average Bonchev–Trinajstić information content (AvgIpc) is 2.75. The predicted octanol–water partition coefficient (Wildman–Crippen LogP) is -0.827. The fourth-order valence-electron chi connectivity index (χ4n) is 2.09. The molecule has 102 valence electrons. The molecule has 0 saturated carbocycles. The van der Waals surface area contributed by atoms with Crippen LogP contribution < -0.4 is 5.32 Å². The van der Waals surface area contributed by atoms with Crippen molar-refractivity contribution in [3.63, 3.8) is 0 Å². The molecule has 8 heteroatoms. The maximum atomic E-state index is 12.3. The first-order valence-electron chi connectivity index (χ1n) is 5.82. The Balaban J connectivity index is 2.36. The van der Waals surface area contributed by atoms with Gasteiger partial charge in [-0.3, -0.25) is 0 Å². The van der Waals surface area contributed by atoms with E-state index in [0.29, 0.717) is 19.6 Å². The number of piperazine rings is 1. The molecule has 0 spiro atoms. The first-order valence-corrected chi connectivity index (χ1v) is 7.21. The summed E-state index contributed by atoms with van der Waals surface area (Å²) in [5.41, 5.74) is 0. The largest absolute Gasteiger partial charge is 0.337 e. The molecule has 2 rings (SSSR count). The molecule has 2 heterocycles. The van der Waals surface area contributed by atoms with Crippen LogP contribution in [0.4, 0.5) is 0 Å².